The number of hydrogen-bond acceptors (Lipinski definition) is 5. The highest BCUT2D eigenvalue weighted by Crippen LogP contribution is 2.13. The molecular formula is C13H16FN3O2. The number of benzene rings is 1. The standard InChI is InChI=1S/C13H16FN3O2/c1-13(18,8-15)7-12-16-11(17-19-12)6-9-4-2-3-5-10(9)14/h2-5,18H,6-8,15H2,1H3. The van der Waals surface area contributed by atoms with Crippen molar-refractivity contribution in [1.82, 2.24) is 10.1 Å². The summed E-state index contributed by atoms with van der Waals surface area (Å²) in [6.45, 7) is 1.69. The molecule has 19 heavy (non-hydrogen) atoms. The molecule has 0 fully saturated rings. The van der Waals surface area contributed by atoms with E-state index in [-0.39, 0.29) is 25.2 Å². The molecule has 0 saturated heterocycles. The van der Waals surface area contributed by atoms with E-state index in [0.717, 1.165) is 0 Å². The molecular weight excluding hydrogens is 249 g/mol. The Labute approximate surface area is 110 Å². The summed E-state index contributed by atoms with van der Waals surface area (Å²) in [6, 6.07) is 6.43. The molecule has 0 saturated carbocycles. The molecule has 5 nitrogen and oxygen atoms in total. The summed E-state index contributed by atoms with van der Waals surface area (Å²) in [6.07, 6.45) is 0.425. The molecule has 1 aromatic carbocycles. The van der Waals surface area contributed by atoms with Gasteiger partial charge in [0.25, 0.3) is 0 Å². The largest absolute Gasteiger partial charge is 0.388 e. The molecule has 2 aromatic rings. The van der Waals surface area contributed by atoms with Crippen LogP contribution in [0.1, 0.15) is 24.2 Å². The Kier molecular flexibility index (Phi) is 3.92. The van der Waals surface area contributed by atoms with Crippen molar-refractivity contribution in [2.24, 2.45) is 5.73 Å². The fraction of sp³-hybridized carbons (Fsp3) is 0.385. The zero-order valence-electron chi connectivity index (χ0n) is 10.6. The molecule has 0 spiro atoms. The van der Waals surface area contributed by atoms with Crippen LogP contribution in [0.4, 0.5) is 4.39 Å². The van der Waals surface area contributed by atoms with E-state index in [4.69, 9.17) is 10.3 Å². The van der Waals surface area contributed by atoms with Gasteiger partial charge in [0, 0.05) is 13.0 Å². The van der Waals surface area contributed by atoms with Crippen molar-refractivity contribution in [1.29, 1.82) is 0 Å². The van der Waals surface area contributed by atoms with E-state index in [1.807, 2.05) is 0 Å². The summed E-state index contributed by atoms with van der Waals surface area (Å²) in [4.78, 5) is 4.12. The Morgan fingerprint density at radius 3 is 2.84 bits per heavy atom. The summed E-state index contributed by atoms with van der Waals surface area (Å²) in [5.41, 5.74) is 4.83. The van der Waals surface area contributed by atoms with Gasteiger partial charge in [-0.2, -0.15) is 4.98 Å². The van der Waals surface area contributed by atoms with Crippen molar-refractivity contribution >= 4 is 0 Å². The predicted octanol–water partition coefficient (Wildman–Crippen LogP) is 1.05. The maximum absolute atomic E-state index is 13.5. The molecule has 1 atom stereocenters. The fourth-order valence-electron chi connectivity index (χ4n) is 1.64. The third kappa shape index (κ3) is 3.59. The van der Waals surface area contributed by atoms with Gasteiger partial charge in [0.05, 0.1) is 12.0 Å². The lowest BCUT2D eigenvalue weighted by molar-refractivity contribution is 0.0610. The van der Waals surface area contributed by atoms with E-state index in [1.165, 1.54) is 6.07 Å². The first kappa shape index (κ1) is 13.6. The van der Waals surface area contributed by atoms with Crippen molar-refractivity contribution in [3.63, 3.8) is 0 Å². The first-order valence-electron chi connectivity index (χ1n) is 5.97. The third-order valence-corrected chi connectivity index (χ3v) is 2.79. The van der Waals surface area contributed by atoms with Crippen LogP contribution in [-0.2, 0) is 12.8 Å². The van der Waals surface area contributed by atoms with Crippen LogP contribution in [-0.4, -0.2) is 27.4 Å². The molecule has 6 heteroatoms. The summed E-state index contributed by atoms with van der Waals surface area (Å²) in [5, 5.41) is 13.6. The van der Waals surface area contributed by atoms with Crippen LogP contribution in [0.15, 0.2) is 28.8 Å². The molecule has 1 unspecified atom stereocenters. The molecule has 0 aliphatic heterocycles. The number of hydrogen-bond donors (Lipinski definition) is 2. The highest BCUT2D eigenvalue weighted by atomic mass is 19.1. The topological polar surface area (TPSA) is 85.2 Å². The minimum atomic E-state index is -1.08. The molecule has 2 rings (SSSR count). The number of nitrogens with two attached hydrogens (primary N) is 1. The van der Waals surface area contributed by atoms with E-state index in [2.05, 4.69) is 10.1 Å². The Hall–Kier alpha value is -1.79. The van der Waals surface area contributed by atoms with Gasteiger partial charge < -0.3 is 15.4 Å². The van der Waals surface area contributed by atoms with Gasteiger partial charge in [-0.15, -0.1) is 0 Å². The maximum Gasteiger partial charge on any atom is 0.229 e. The summed E-state index contributed by atoms with van der Waals surface area (Å²) in [7, 11) is 0. The third-order valence-electron chi connectivity index (χ3n) is 2.79. The van der Waals surface area contributed by atoms with Gasteiger partial charge in [-0.1, -0.05) is 23.4 Å². The number of aromatic nitrogens is 2. The van der Waals surface area contributed by atoms with Crippen LogP contribution >= 0.6 is 0 Å². The van der Waals surface area contributed by atoms with Crippen molar-refractivity contribution in [2.75, 3.05) is 6.54 Å². The molecule has 102 valence electrons. The highest BCUT2D eigenvalue weighted by molar-refractivity contribution is 5.20. The Bertz CT molecular complexity index is 554. The van der Waals surface area contributed by atoms with Crippen LogP contribution < -0.4 is 5.73 Å². The van der Waals surface area contributed by atoms with Crippen molar-refractivity contribution < 1.29 is 14.0 Å². The molecule has 0 amide bonds. The van der Waals surface area contributed by atoms with E-state index >= 15 is 0 Å². The lowest BCUT2D eigenvalue weighted by Crippen LogP contribution is -2.36. The number of halogens is 1. The van der Waals surface area contributed by atoms with E-state index in [0.29, 0.717) is 17.3 Å². The minimum absolute atomic E-state index is 0.0953. The summed E-state index contributed by atoms with van der Waals surface area (Å²) >= 11 is 0. The number of nitrogens with zero attached hydrogens (tertiary/aromatic N) is 2. The molecule has 0 aliphatic rings. The van der Waals surface area contributed by atoms with E-state index in [9.17, 15) is 9.50 Å². The van der Waals surface area contributed by atoms with Gasteiger partial charge in [0.15, 0.2) is 5.82 Å². The van der Waals surface area contributed by atoms with E-state index in [1.54, 1.807) is 25.1 Å². The smallest absolute Gasteiger partial charge is 0.229 e. The summed E-state index contributed by atoms with van der Waals surface area (Å²) < 4.78 is 18.5. The van der Waals surface area contributed by atoms with Gasteiger partial charge in [-0.25, -0.2) is 4.39 Å². The van der Waals surface area contributed by atoms with E-state index < -0.39 is 5.60 Å². The number of rotatable bonds is 5. The normalized spacial score (nSPS) is 14.3. The maximum atomic E-state index is 13.5. The van der Waals surface area contributed by atoms with Crippen LogP contribution in [0.2, 0.25) is 0 Å². The van der Waals surface area contributed by atoms with Crippen LogP contribution in [0.5, 0.6) is 0 Å². The Balaban J connectivity index is 2.08. The molecule has 0 radical (unpaired) electrons. The van der Waals surface area contributed by atoms with Crippen molar-refractivity contribution in [2.45, 2.75) is 25.4 Å². The number of aliphatic hydroxyl groups is 1. The van der Waals surface area contributed by atoms with Crippen LogP contribution in [0.25, 0.3) is 0 Å². The van der Waals surface area contributed by atoms with Crippen LogP contribution in [0.3, 0.4) is 0 Å². The van der Waals surface area contributed by atoms with Gasteiger partial charge in [0.2, 0.25) is 5.89 Å². The molecule has 1 aromatic heterocycles. The van der Waals surface area contributed by atoms with Gasteiger partial charge in [-0.3, -0.25) is 0 Å². The fourth-order valence-corrected chi connectivity index (χ4v) is 1.64. The lowest BCUT2D eigenvalue weighted by atomic mass is 10.0. The lowest BCUT2D eigenvalue weighted by Gasteiger charge is -2.17. The Morgan fingerprint density at radius 1 is 1.42 bits per heavy atom. The van der Waals surface area contributed by atoms with Crippen LogP contribution in [0, 0.1) is 5.82 Å². The van der Waals surface area contributed by atoms with Gasteiger partial charge in [-0.05, 0) is 18.6 Å². The molecule has 1 heterocycles. The zero-order valence-corrected chi connectivity index (χ0v) is 10.6. The second-order valence-electron chi connectivity index (χ2n) is 4.75. The van der Waals surface area contributed by atoms with Gasteiger partial charge >= 0.3 is 0 Å². The second-order valence-corrected chi connectivity index (χ2v) is 4.75. The Morgan fingerprint density at radius 2 is 2.16 bits per heavy atom. The zero-order chi connectivity index (χ0) is 13.9. The molecule has 3 N–H and O–H groups in total. The quantitative estimate of drug-likeness (QED) is 0.844. The average molecular weight is 265 g/mol. The highest BCUT2D eigenvalue weighted by Gasteiger charge is 2.22. The molecule has 0 aliphatic carbocycles. The summed E-state index contributed by atoms with van der Waals surface area (Å²) in [5.74, 6) is 0.373. The first-order chi connectivity index (χ1) is 9.00. The molecule has 0 bridgehead atoms. The van der Waals surface area contributed by atoms with Gasteiger partial charge in [0.1, 0.15) is 5.82 Å². The SMILES string of the molecule is CC(O)(CN)Cc1nc(Cc2ccccc2F)no1. The first-order valence-corrected chi connectivity index (χ1v) is 5.97. The average Bonchev–Trinajstić information content (AvgIpc) is 2.79. The van der Waals surface area contributed by atoms with Crippen molar-refractivity contribution in [3.8, 4) is 0 Å². The monoisotopic (exact) mass is 265 g/mol. The second kappa shape index (κ2) is 5.46. The minimum Gasteiger partial charge on any atom is -0.388 e. The van der Waals surface area contributed by atoms with Crippen molar-refractivity contribution in [3.05, 3.63) is 47.4 Å². The predicted molar refractivity (Wildman–Crippen MR) is 66.9 cm³/mol.